The number of benzene rings is 1. The number of nitrogens with one attached hydrogen (secondary N) is 2. The van der Waals surface area contributed by atoms with Crippen molar-refractivity contribution < 1.29 is 14.3 Å². The summed E-state index contributed by atoms with van der Waals surface area (Å²) in [6.45, 7) is 2.78. The van der Waals surface area contributed by atoms with Crippen molar-refractivity contribution in [2.45, 2.75) is 13.3 Å². The summed E-state index contributed by atoms with van der Waals surface area (Å²) in [7, 11) is 0. The van der Waals surface area contributed by atoms with Crippen molar-refractivity contribution in [2.24, 2.45) is 5.92 Å². The van der Waals surface area contributed by atoms with Gasteiger partial charge in [0.15, 0.2) is 0 Å². The second-order valence-electron chi connectivity index (χ2n) is 4.49. The molecule has 5 nitrogen and oxygen atoms in total. The molecular formula is C14H18N2O3. The molecule has 102 valence electrons. The molecule has 1 heterocycles. The molecule has 1 atom stereocenters. The highest BCUT2D eigenvalue weighted by Crippen LogP contribution is 2.26. The van der Waals surface area contributed by atoms with Gasteiger partial charge in [0.2, 0.25) is 11.8 Å². The van der Waals surface area contributed by atoms with Gasteiger partial charge in [0.05, 0.1) is 12.5 Å². The highest BCUT2D eigenvalue weighted by molar-refractivity contribution is 5.86. The molecule has 0 spiro atoms. The predicted molar refractivity (Wildman–Crippen MR) is 70.8 cm³/mol. The van der Waals surface area contributed by atoms with Gasteiger partial charge in [-0.3, -0.25) is 9.59 Å². The summed E-state index contributed by atoms with van der Waals surface area (Å²) in [5.41, 5.74) is 1.03. The minimum Gasteiger partial charge on any atom is -0.492 e. The third-order valence-electron chi connectivity index (χ3n) is 3.05. The Morgan fingerprint density at radius 2 is 2.11 bits per heavy atom. The molecule has 0 fully saturated rings. The standard InChI is InChI=1S/C14H18N2O3/c1-2-15-13(17)8-16-14(18)11-7-10-5-3-4-6-12(10)19-9-11/h3-6,11H,2,7-9H2,1H3,(H,15,17)(H,16,18)/t11-/m0/s1. The number of hydrogen-bond donors (Lipinski definition) is 2. The molecule has 0 radical (unpaired) electrons. The summed E-state index contributed by atoms with van der Waals surface area (Å²) >= 11 is 0. The van der Waals surface area contributed by atoms with Crippen LogP contribution in [-0.2, 0) is 16.0 Å². The highest BCUT2D eigenvalue weighted by atomic mass is 16.5. The van der Waals surface area contributed by atoms with E-state index in [0.29, 0.717) is 19.6 Å². The lowest BCUT2D eigenvalue weighted by atomic mass is 9.96. The zero-order valence-corrected chi connectivity index (χ0v) is 10.9. The van der Waals surface area contributed by atoms with Crippen molar-refractivity contribution in [3.8, 4) is 5.75 Å². The molecule has 0 saturated carbocycles. The Kier molecular flexibility index (Phi) is 4.39. The van der Waals surface area contributed by atoms with E-state index in [4.69, 9.17) is 4.74 Å². The van der Waals surface area contributed by atoms with Gasteiger partial charge in [-0.05, 0) is 25.0 Å². The Morgan fingerprint density at radius 3 is 2.89 bits per heavy atom. The molecule has 1 aromatic rings. The monoisotopic (exact) mass is 262 g/mol. The first kappa shape index (κ1) is 13.4. The van der Waals surface area contributed by atoms with Crippen molar-refractivity contribution in [3.05, 3.63) is 29.8 Å². The summed E-state index contributed by atoms with van der Waals surface area (Å²) in [4.78, 5) is 23.2. The summed E-state index contributed by atoms with van der Waals surface area (Å²) in [5.74, 6) is 0.299. The molecule has 2 N–H and O–H groups in total. The van der Waals surface area contributed by atoms with Crippen LogP contribution in [0.4, 0.5) is 0 Å². The van der Waals surface area contributed by atoms with Gasteiger partial charge in [0.1, 0.15) is 12.4 Å². The van der Waals surface area contributed by atoms with Gasteiger partial charge < -0.3 is 15.4 Å². The Labute approximate surface area is 112 Å². The van der Waals surface area contributed by atoms with Crippen LogP contribution >= 0.6 is 0 Å². The van der Waals surface area contributed by atoms with E-state index in [9.17, 15) is 9.59 Å². The third kappa shape index (κ3) is 3.47. The smallest absolute Gasteiger partial charge is 0.239 e. The van der Waals surface area contributed by atoms with E-state index >= 15 is 0 Å². The van der Waals surface area contributed by atoms with Crippen LogP contribution < -0.4 is 15.4 Å². The quantitative estimate of drug-likeness (QED) is 0.830. The summed E-state index contributed by atoms with van der Waals surface area (Å²) in [5, 5.41) is 5.27. The molecule has 1 aliphatic rings. The highest BCUT2D eigenvalue weighted by Gasteiger charge is 2.25. The van der Waals surface area contributed by atoms with Crippen LogP contribution in [0.3, 0.4) is 0 Å². The number of fused-ring (bicyclic) bond motifs is 1. The lowest BCUT2D eigenvalue weighted by Crippen LogP contribution is -2.42. The van der Waals surface area contributed by atoms with Crippen molar-refractivity contribution in [2.75, 3.05) is 19.7 Å². The Balaban J connectivity index is 1.87. The average molecular weight is 262 g/mol. The first-order valence-corrected chi connectivity index (χ1v) is 6.45. The molecule has 0 bridgehead atoms. The number of hydrogen-bond acceptors (Lipinski definition) is 3. The van der Waals surface area contributed by atoms with E-state index in [1.165, 1.54) is 0 Å². The number of likely N-dealkylation sites (N-methyl/N-ethyl adjacent to an activating group) is 1. The van der Waals surface area contributed by atoms with Crippen LogP contribution in [0.25, 0.3) is 0 Å². The molecule has 0 aromatic heterocycles. The fourth-order valence-corrected chi connectivity index (χ4v) is 2.07. The molecule has 0 aliphatic carbocycles. The van der Waals surface area contributed by atoms with Crippen LogP contribution in [-0.4, -0.2) is 31.5 Å². The van der Waals surface area contributed by atoms with Gasteiger partial charge in [0, 0.05) is 6.54 Å². The molecule has 0 unspecified atom stereocenters. The Morgan fingerprint density at radius 1 is 1.32 bits per heavy atom. The summed E-state index contributed by atoms with van der Waals surface area (Å²) in [6.07, 6.45) is 0.650. The van der Waals surface area contributed by atoms with Crippen LogP contribution in [0.2, 0.25) is 0 Å². The van der Waals surface area contributed by atoms with E-state index in [2.05, 4.69) is 10.6 Å². The first-order valence-electron chi connectivity index (χ1n) is 6.45. The minimum atomic E-state index is -0.232. The number of ether oxygens (including phenoxy) is 1. The maximum atomic E-state index is 11.9. The number of rotatable bonds is 4. The average Bonchev–Trinajstić information content (AvgIpc) is 2.44. The number of carbonyl (C=O) groups is 2. The lowest BCUT2D eigenvalue weighted by molar-refractivity contribution is -0.129. The van der Waals surface area contributed by atoms with E-state index in [-0.39, 0.29) is 24.3 Å². The third-order valence-corrected chi connectivity index (χ3v) is 3.05. The largest absolute Gasteiger partial charge is 0.492 e. The van der Waals surface area contributed by atoms with Gasteiger partial charge in [0.25, 0.3) is 0 Å². The number of amides is 2. The number of para-hydroxylation sites is 1. The van der Waals surface area contributed by atoms with Crippen molar-refractivity contribution in [1.29, 1.82) is 0 Å². The fourth-order valence-electron chi connectivity index (χ4n) is 2.07. The van der Waals surface area contributed by atoms with Gasteiger partial charge >= 0.3 is 0 Å². The normalized spacial score (nSPS) is 17.0. The summed E-state index contributed by atoms with van der Waals surface area (Å²) < 4.78 is 5.55. The Hall–Kier alpha value is -2.04. The second kappa shape index (κ2) is 6.22. The van der Waals surface area contributed by atoms with Crippen molar-refractivity contribution >= 4 is 11.8 Å². The van der Waals surface area contributed by atoms with Crippen LogP contribution in [0.5, 0.6) is 5.75 Å². The molecule has 19 heavy (non-hydrogen) atoms. The van der Waals surface area contributed by atoms with Crippen LogP contribution in [0.15, 0.2) is 24.3 Å². The van der Waals surface area contributed by atoms with Crippen LogP contribution in [0, 0.1) is 5.92 Å². The molecule has 2 rings (SSSR count). The molecule has 0 saturated heterocycles. The van der Waals surface area contributed by atoms with Crippen LogP contribution in [0.1, 0.15) is 12.5 Å². The molecular weight excluding hydrogens is 244 g/mol. The number of carbonyl (C=O) groups excluding carboxylic acids is 2. The minimum absolute atomic E-state index is 0.0187. The topological polar surface area (TPSA) is 67.4 Å². The van der Waals surface area contributed by atoms with Gasteiger partial charge in [-0.1, -0.05) is 18.2 Å². The molecule has 2 amide bonds. The van der Waals surface area contributed by atoms with E-state index in [1.54, 1.807) is 0 Å². The lowest BCUT2D eigenvalue weighted by Gasteiger charge is -2.24. The Bertz CT molecular complexity index is 474. The first-order chi connectivity index (χ1) is 9.20. The summed E-state index contributed by atoms with van der Waals surface area (Å²) in [6, 6.07) is 7.70. The second-order valence-corrected chi connectivity index (χ2v) is 4.49. The maximum Gasteiger partial charge on any atom is 0.239 e. The molecule has 1 aromatic carbocycles. The van der Waals surface area contributed by atoms with E-state index < -0.39 is 0 Å². The fraction of sp³-hybridized carbons (Fsp3) is 0.429. The van der Waals surface area contributed by atoms with Gasteiger partial charge in [-0.15, -0.1) is 0 Å². The van der Waals surface area contributed by atoms with Gasteiger partial charge in [-0.2, -0.15) is 0 Å². The zero-order valence-electron chi connectivity index (χ0n) is 10.9. The van der Waals surface area contributed by atoms with Gasteiger partial charge in [-0.25, -0.2) is 0 Å². The SMILES string of the molecule is CCNC(=O)CNC(=O)[C@@H]1COc2ccccc2C1. The van der Waals surface area contributed by atoms with Crippen molar-refractivity contribution in [3.63, 3.8) is 0 Å². The zero-order chi connectivity index (χ0) is 13.7. The molecule has 5 heteroatoms. The van der Waals surface area contributed by atoms with E-state index in [1.807, 2.05) is 31.2 Å². The van der Waals surface area contributed by atoms with Crippen molar-refractivity contribution in [1.82, 2.24) is 10.6 Å². The predicted octanol–water partition coefficient (Wildman–Crippen LogP) is 0.490. The molecule has 1 aliphatic heterocycles. The maximum absolute atomic E-state index is 11.9. The van der Waals surface area contributed by atoms with E-state index in [0.717, 1.165) is 11.3 Å².